The quantitative estimate of drug-likeness (QED) is 0.367. The second-order valence-electron chi connectivity index (χ2n) is 7.95. The number of nitrogens with zero attached hydrogens (tertiary/aromatic N) is 1. The maximum absolute atomic E-state index is 13.3. The SMILES string of the molecule is COc1ccc(OC2=CCN(CCC(C(=O)c3ccc(F)cc3)/C(=C\C(=O)O)C(=O)O)CC2)cc1. The van der Waals surface area contributed by atoms with Gasteiger partial charge in [0, 0.05) is 31.1 Å². The zero-order valence-electron chi connectivity index (χ0n) is 19.1. The van der Waals surface area contributed by atoms with Crippen LogP contribution in [0.2, 0.25) is 0 Å². The summed E-state index contributed by atoms with van der Waals surface area (Å²) in [6.45, 7) is 1.49. The van der Waals surface area contributed by atoms with Crippen LogP contribution in [0.1, 0.15) is 23.2 Å². The molecular formula is C26H26FNO7. The molecule has 1 atom stereocenters. The number of benzene rings is 2. The summed E-state index contributed by atoms with van der Waals surface area (Å²) >= 11 is 0. The van der Waals surface area contributed by atoms with Crippen LogP contribution in [0.5, 0.6) is 11.5 Å². The van der Waals surface area contributed by atoms with Gasteiger partial charge >= 0.3 is 11.9 Å². The highest BCUT2D eigenvalue weighted by Gasteiger charge is 2.30. The highest BCUT2D eigenvalue weighted by Crippen LogP contribution is 2.25. The van der Waals surface area contributed by atoms with Gasteiger partial charge in [0.05, 0.1) is 18.6 Å². The van der Waals surface area contributed by atoms with Crippen molar-refractivity contribution in [2.45, 2.75) is 12.8 Å². The summed E-state index contributed by atoms with van der Waals surface area (Å²) in [4.78, 5) is 38.1. The first-order valence-electron chi connectivity index (χ1n) is 11.0. The Morgan fingerprint density at radius 1 is 1.06 bits per heavy atom. The van der Waals surface area contributed by atoms with Crippen LogP contribution in [0.4, 0.5) is 4.39 Å². The molecule has 8 nitrogen and oxygen atoms in total. The number of hydrogen-bond donors (Lipinski definition) is 2. The molecule has 1 aliphatic heterocycles. The molecule has 0 fully saturated rings. The van der Waals surface area contributed by atoms with Crippen LogP contribution in [0.15, 0.2) is 72.0 Å². The van der Waals surface area contributed by atoms with Gasteiger partial charge < -0.3 is 19.7 Å². The van der Waals surface area contributed by atoms with Crippen molar-refractivity contribution < 1.29 is 38.5 Å². The number of carbonyl (C=O) groups is 3. The predicted molar refractivity (Wildman–Crippen MR) is 125 cm³/mol. The molecule has 0 aromatic heterocycles. The lowest BCUT2D eigenvalue weighted by atomic mass is 9.87. The zero-order chi connectivity index (χ0) is 25.4. The van der Waals surface area contributed by atoms with Crippen LogP contribution in [0.3, 0.4) is 0 Å². The second-order valence-corrected chi connectivity index (χ2v) is 7.95. The number of carboxylic acids is 2. The van der Waals surface area contributed by atoms with E-state index in [1.807, 2.05) is 11.0 Å². The van der Waals surface area contributed by atoms with E-state index in [2.05, 4.69) is 0 Å². The van der Waals surface area contributed by atoms with Gasteiger partial charge in [0.25, 0.3) is 0 Å². The third-order valence-corrected chi connectivity index (χ3v) is 5.64. The Kier molecular flexibility index (Phi) is 8.74. The molecule has 0 amide bonds. The molecule has 0 saturated carbocycles. The lowest BCUT2D eigenvalue weighted by Gasteiger charge is -2.28. The first-order valence-corrected chi connectivity index (χ1v) is 11.0. The number of rotatable bonds is 11. The normalized spacial score (nSPS) is 15.1. The minimum absolute atomic E-state index is 0.0874. The van der Waals surface area contributed by atoms with Gasteiger partial charge in [0.15, 0.2) is 5.78 Å². The Balaban J connectivity index is 1.68. The lowest BCUT2D eigenvalue weighted by molar-refractivity contribution is -0.135. The maximum Gasteiger partial charge on any atom is 0.332 e. The standard InChI is InChI=1S/C26H26FNO7/c1-34-19-6-8-20(9-7-19)35-21-10-13-28(14-11-21)15-12-22(23(26(32)33)16-24(29)30)25(31)17-2-4-18(27)5-3-17/h2-10,16,22H,11-15H2,1H3,(H,29,30)(H,32,33)/b23-16+. The van der Waals surface area contributed by atoms with Gasteiger partial charge in [-0.25, -0.2) is 14.0 Å². The Morgan fingerprint density at radius 2 is 1.71 bits per heavy atom. The second kappa shape index (κ2) is 11.9. The number of halogens is 1. The van der Waals surface area contributed by atoms with Crippen molar-refractivity contribution in [1.82, 2.24) is 4.90 Å². The fourth-order valence-electron chi connectivity index (χ4n) is 3.78. The molecule has 1 unspecified atom stereocenters. The molecule has 9 heteroatoms. The summed E-state index contributed by atoms with van der Waals surface area (Å²) in [5.41, 5.74) is -0.398. The minimum atomic E-state index is -1.48. The van der Waals surface area contributed by atoms with E-state index >= 15 is 0 Å². The number of carboxylic acid groups (broad SMARTS) is 2. The van der Waals surface area contributed by atoms with Crippen molar-refractivity contribution in [3.63, 3.8) is 0 Å². The number of hydrogen-bond acceptors (Lipinski definition) is 6. The Labute approximate surface area is 201 Å². The van der Waals surface area contributed by atoms with E-state index in [1.54, 1.807) is 31.4 Å². The van der Waals surface area contributed by atoms with E-state index in [9.17, 15) is 23.9 Å². The van der Waals surface area contributed by atoms with Gasteiger partial charge in [-0.1, -0.05) is 0 Å². The summed E-state index contributed by atoms with van der Waals surface area (Å²) < 4.78 is 24.3. The van der Waals surface area contributed by atoms with Gasteiger partial charge in [-0.3, -0.25) is 9.69 Å². The predicted octanol–water partition coefficient (Wildman–Crippen LogP) is 3.79. The summed E-state index contributed by atoms with van der Waals surface area (Å²) in [7, 11) is 1.59. The molecule has 1 aliphatic rings. The topological polar surface area (TPSA) is 113 Å². The van der Waals surface area contributed by atoms with Crippen LogP contribution in [-0.4, -0.2) is 59.6 Å². The van der Waals surface area contributed by atoms with Gasteiger partial charge in [-0.15, -0.1) is 0 Å². The van der Waals surface area contributed by atoms with Crippen LogP contribution in [0.25, 0.3) is 0 Å². The zero-order valence-corrected chi connectivity index (χ0v) is 19.1. The summed E-state index contributed by atoms with van der Waals surface area (Å²) in [6, 6.07) is 11.9. The first kappa shape index (κ1) is 25.6. The molecule has 0 aliphatic carbocycles. The van der Waals surface area contributed by atoms with Crippen LogP contribution in [-0.2, 0) is 9.59 Å². The van der Waals surface area contributed by atoms with Gasteiger partial charge in [0.2, 0.25) is 0 Å². The van der Waals surface area contributed by atoms with Crippen molar-refractivity contribution in [3.8, 4) is 11.5 Å². The fraction of sp³-hybridized carbons (Fsp3) is 0.269. The number of aliphatic carboxylic acids is 2. The van der Waals surface area contributed by atoms with E-state index in [0.29, 0.717) is 37.9 Å². The number of ether oxygens (including phenoxy) is 2. The average molecular weight is 483 g/mol. The number of ketones is 1. The number of methoxy groups -OCH3 is 1. The van der Waals surface area contributed by atoms with Crippen molar-refractivity contribution in [2.24, 2.45) is 5.92 Å². The molecule has 0 saturated heterocycles. The third-order valence-electron chi connectivity index (χ3n) is 5.64. The van der Waals surface area contributed by atoms with E-state index < -0.39 is 35.0 Å². The Hall–Kier alpha value is -3.98. The maximum atomic E-state index is 13.3. The molecule has 3 rings (SSSR count). The molecule has 35 heavy (non-hydrogen) atoms. The Morgan fingerprint density at radius 3 is 2.26 bits per heavy atom. The molecule has 0 radical (unpaired) electrons. The molecule has 2 aromatic carbocycles. The Bertz CT molecular complexity index is 1120. The molecule has 0 bridgehead atoms. The van der Waals surface area contributed by atoms with E-state index in [4.69, 9.17) is 14.6 Å². The number of Topliss-reactive ketones (excluding diaryl/α,β-unsaturated/α-hetero) is 1. The summed E-state index contributed by atoms with van der Waals surface area (Å²) in [6.07, 6.45) is 3.16. The molecule has 1 heterocycles. The van der Waals surface area contributed by atoms with Crippen molar-refractivity contribution in [1.29, 1.82) is 0 Å². The smallest absolute Gasteiger partial charge is 0.332 e. The average Bonchev–Trinajstić information content (AvgIpc) is 2.85. The highest BCUT2D eigenvalue weighted by molar-refractivity contribution is 6.07. The summed E-state index contributed by atoms with van der Waals surface area (Å²) in [5.74, 6) is -3.05. The minimum Gasteiger partial charge on any atom is -0.497 e. The van der Waals surface area contributed by atoms with Gasteiger partial charge in [-0.05, 0) is 67.6 Å². The van der Waals surface area contributed by atoms with Crippen molar-refractivity contribution >= 4 is 17.7 Å². The third kappa shape index (κ3) is 7.25. The van der Waals surface area contributed by atoms with Crippen molar-refractivity contribution in [3.05, 3.63) is 83.4 Å². The van der Waals surface area contributed by atoms with Crippen LogP contribution in [0, 0.1) is 11.7 Å². The fourth-order valence-corrected chi connectivity index (χ4v) is 3.78. The van der Waals surface area contributed by atoms with E-state index in [-0.39, 0.29) is 12.0 Å². The van der Waals surface area contributed by atoms with E-state index in [1.165, 1.54) is 12.1 Å². The molecule has 0 spiro atoms. The highest BCUT2D eigenvalue weighted by atomic mass is 19.1. The molecule has 184 valence electrons. The monoisotopic (exact) mass is 483 g/mol. The molecule has 2 aromatic rings. The van der Waals surface area contributed by atoms with Crippen LogP contribution < -0.4 is 9.47 Å². The number of carbonyl (C=O) groups excluding carboxylic acids is 1. The molecule has 2 N–H and O–H groups in total. The van der Waals surface area contributed by atoms with Gasteiger partial charge in [0.1, 0.15) is 23.1 Å². The van der Waals surface area contributed by atoms with Crippen LogP contribution >= 0.6 is 0 Å². The largest absolute Gasteiger partial charge is 0.497 e. The lowest BCUT2D eigenvalue weighted by Crippen LogP contribution is -2.34. The van der Waals surface area contributed by atoms with Gasteiger partial charge in [-0.2, -0.15) is 0 Å². The summed E-state index contributed by atoms with van der Waals surface area (Å²) in [5, 5.41) is 18.7. The van der Waals surface area contributed by atoms with E-state index in [0.717, 1.165) is 23.6 Å². The first-order chi connectivity index (χ1) is 16.8. The van der Waals surface area contributed by atoms with Crippen molar-refractivity contribution in [2.75, 3.05) is 26.7 Å². The molecular weight excluding hydrogens is 457 g/mol.